The van der Waals surface area contributed by atoms with Gasteiger partial charge in [0, 0.05) is 48.5 Å². The molecule has 0 unspecified atom stereocenters. The molecule has 17 rings (SSSR count). The Kier molecular flexibility index (Phi) is 16.3. The van der Waals surface area contributed by atoms with Gasteiger partial charge >= 0.3 is 11.9 Å². The van der Waals surface area contributed by atoms with Gasteiger partial charge in [0.25, 0.3) is 0 Å². The van der Waals surface area contributed by atoms with Gasteiger partial charge in [-0.1, -0.05) is 123 Å². The number of cyclic esters (lactones) is 1. The number of carbonyl (C=O) groups is 2. The van der Waals surface area contributed by atoms with E-state index in [1.807, 2.05) is 12.1 Å². The summed E-state index contributed by atoms with van der Waals surface area (Å²) in [5.74, 6) is 8.60. The lowest BCUT2D eigenvalue weighted by Crippen LogP contribution is -2.52. The zero-order chi connectivity index (χ0) is 61.4. The number of phenols is 1. The number of esters is 2. The summed E-state index contributed by atoms with van der Waals surface area (Å²) in [6.45, 7) is 4.99. The average molecular weight is 1210 g/mol. The minimum Gasteiger partial charge on any atom is -0.508 e. The van der Waals surface area contributed by atoms with Crippen LogP contribution in [0.4, 0.5) is 0 Å². The predicted octanol–water partition coefficient (Wildman–Crippen LogP) is 13.3. The summed E-state index contributed by atoms with van der Waals surface area (Å²) in [7, 11) is 2.07. The van der Waals surface area contributed by atoms with E-state index < -0.39 is 16.6 Å². The van der Waals surface area contributed by atoms with Gasteiger partial charge in [-0.2, -0.15) is 0 Å². The molecule has 4 aromatic carbocycles. The fourth-order valence-corrected chi connectivity index (χ4v) is 20.6. The molecule has 0 aromatic heterocycles. The molecule has 11 heteroatoms. The van der Waals surface area contributed by atoms with Gasteiger partial charge in [-0.05, 0) is 251 Å². The van der Waals surface area contributed by atoms with Gasteiger partial charge in [0.1, 0.15) is 17.3 Å². The van der Waals surface area contributed by atoms with Crippen molar-refractivity contribution in [3.05, 3.63) is 165 Å². The molecule has 6 fully saturated rings. The van der Waals surface area contributed by atoms with Crippen molar-refractivity contribution >= 4 is 17.5 Å². The summed E-state index contributed by atoms with van der Waals surface area (Å²) in [5, 5.41) is 53.0. The predicted molar refractivity (Wildman–Crippen MR) is 351 cm³/mol. The first-order chi connectivity index (χ1) is 43.9. The smallest absolute Gasteiger partial charge is 0.340 e. The first-order valence-corrected chi connectivity index (χ1v) is 35.0. The Morgan fingerprint density at radius 2 is 1.59 bits per heavy atom. The number of phenolic OH excluding ortho intramolecular Hbond substituents is 1. The van der Waals surface area contributed by atoms with Crippen molar-refractivity contribution in [2.75, 3.05) is 26.7 Å². The number of fused-ring (bicyclic) bond motifs is 5. The lowest BCUT2D eigenvalue weighted by molar-refractivity contribution is -0.135. The lowest BCUT2D eigenvalue weighted by Gasteiger charge is -2.56. The molecule has 4 aromatic rings. The number of allylic oxidation sites excluding steroid dienone is 5. The molecule has 6 aliphatic heterocycles. The molecule has 7 aliphatic carbocycles. The lowest BCUT2D eigenvalue weighted by atomic mass is 9.44. The molecule has 13 aliphatic rings. The SMILES string of the molecule is CC[C@H](/C=C1\OC(=O)C2=C3c4cc(O)ccc4-c4cccc(c4)CNCCc4cccc(c4)[C@H]4NC[C@](O)(C5CCCC5)CC#C[C@@H](C5(O)CCCC5)C[C@H]5C[C@@]([C@@H]6CCN[C@@H](NC)C6)(CC=C6OC(=O)C7=C6CC[C@H]6[C@H]3CC[C@@]21[C@@H]76)C[C@@H]54)Cc1ccccc1. The Labute approximate surface area is 533 Å². The standard InChI is InChI=1S/C79H94N4O7/c1-3-49(38-50-14-5-4-6-15-50)41-67-79-35-27-61-62-25-26-63-66(89-74(85)70(63)71(62)79)28-34-76(57-30-37-82-68(43-57)80-2)45-55-42-58(77(87)31-9-10-32-77)22-13-33-78(88,56-20-7-8-21-56)48-83-73(65(55)46-76)54-19-11-16-51(39-54)29-36-81-47-52-17-12-18-53(40-52)60-24-23-59(84)44-64(60)69(61)72(79)75(86)90-67/h4-6,11-12,14-19,23-24,28,39-41,44,49,55-58,61-62,65,68,71,73,80-84,87-88H,3,7-10,20-21,25-27,29-38,42-43,45-48H2,1-2H3/b66-28?,67-41-/t49-,55-,57+,58+,61+,62-,65-,68+,71+,73+,76-,78-,79+/m0/s1. The maximum atomic E-state index is 15.6. The van der Waals surface area contributed by atoms with E-state index in [1.54, 1.807) is 6.07 Å². The number of aromatic hydroxyl groups is 1. The van der Waals surface area contributed by atoms with Crippen LogP contribution in [0.1, 0.15) is 169 Å². The summed E-state index contributed by atoms with van der Waals surface area (Å²) in [6.07, 6.45) is 23.7. The Bertz CT molecular complexity index is 3620. The second-order valence-electron chi connectivity index (χ2n) is 29.8. The van der Waals surface area contributed by atoms with E-state index in [9.17, 15) is 15.3 Å². The topological polar surface area (TPSA) is 161 Å². The van der Waals surface area contributed by atoms with Crippen molar-refractivity contribution in [2.24, 2.45) is 64.1 Å². The third kappa shape index (κ3) is 10.7. The maximum Gasteiger partial charge on any atom is 0.340 e. The number of piperidine rings is 1. The van der Waals surface area contributed by atoms with Crippen LogP contribution in [-0.4, -0.2) is 71.3 Å². The molecule has 0 radical (unpaired) electrons. The number of hydrogen-bond acceptors (Lipinski definition) is 11. The van der Waals surface area contributed by atoms with Crippen LogP contribution < -0.4 is 21.3 Å². The largest absolute Gasteiger partial charge is 0.508 e. The Hall–Kier alpha value is -6.10. The van der Waals surface area contributed by atoms with E-state index in [0.29, 0.717) is 55.4 Å². The van der Waals surface area contributed by atoms with Crippen LogP contribution in [0.5, 0.6) is 5.75 Å². The van der Waals surface area contributed by atoms with Crippen LogP contribution >= 0.6 is 0 Å². The number of carbonyl (C=O) groups excluding carboxylic acids is 2. The number of ether oxygens (including phenoxy) is 2. The highest BCUT2D eigenvalue weighted by molar-refractivity contribution is 6.07. The Morgan fingerprint density at radius 1 is 0.756 bits per heavy atom. The highest BCUT2D eigenvalue weighted by atomic mass is 16.6. The van der Waals surface area contributed by atoms with Crippen LogP contribution in [0, 0.1) is 75.9 Å². The number of nitrogens with one attached hydrogen (secondary N) is 4. The summed E-state index contributed by atoms with van der Waals surface area (Å²) in [6, 6.07) is 34.2. The molecule has 6 heterocycles. The third-order valence-electron chi connectivity index (χ3n) is 25.1. The molecule has 2 saturated heterocycles. The molecule has 4 saturated carbocycles. The molecule has 14 bridgehead atoms. The van der Waals surface area contributed by atoms with Crippen molar-refractivity contribution in [3.63, 3.8) is 0 Å². The summed E-state index contributed by atoms with van der Waals surface area (Å²) < 4.78 is 13.7. The number of rotatable bonds is 8. The normalized spacial score (nSPS) is 34.8. The first kappa shape index (κ1) is 60.2. The van der Waals surface area contributed by atoms with Crippen LogP contribution in [0.2, 0.25) is 0 Å². The molecule has 472 valence electrons. The number of benzene rings is 4. The quantitative estimate of drug-likeness (QED) is 0.0664. The minimum absolute atomic E-state index is 0.0116. The van der Waals surface area contributed by atoms with Crippen molar-refractivity contribution < 1.29 is 34.4 Å². The highest BCUT2D eigenvalue weighted by Crippen LogP contribution is 2.72. The van der Waals surface area contributed by atoms with Gasteiger partial charge in [-0.15, -0.1) is 0 Å². The van der Waals surface area contributed by atoms with Crippen LogP contribution in [-0.2, 0) is 38.4 Å². The van der Waals surface area contributed by atoms with Gasteiger partial charge in [0.15, 0.2) is 0 Å². The van der Waals surface area contributed by atoms with Gasteiger partial charge < -0.3 is 46.1 Å². The first-order valence-electron chi connectivity index (χ1n) is 35.0. The molecule has 90 heavy (non-hydrogen) atoms. The molecular formula is C79H94N4O7. The molecule has 13 atom stereocenters. The molecule has 11 nitrogen and oxygen atoms in total. The molecular weight excluding hydrogens is 1120 g/mol. The van der Waals surface area contributed by atoms with E-state index in [1.165, 1.54) is 16.7 Å². The molecule has 7 N–H and O–H groups in total. The number of hydrogen-bond donors (Lipinski definition) is 7. The molecule has 0 amide bonds. The van der Waals surface area contributed by atoms with Gasteiger partial charge in [-0.25, -0.2) is 9.59 Å². The van der Waals surface area contributed by atoms with Gasteiger partial charge in [0.2, 0.25) is 0 Å². The van der Waals surface area contributed by atoms with E-state index in [-0.39, 0.29) is 82.7 Å². The summed E-state index contributed by atoms with van der Waals surface area (Å²) >= 11 is 0. The zero-order valence-corrected chi connectivity index (χ0v) is 53.1. The van der Waals surface area contributed by atoms with Crippen LogP contribution in [0.3, 0.4) is 0 Å². The zero-order valence-electron chi connectivity index (χ0n) is 53.1. The maximum absolute atomic E-state index is 15.6. The van der Waals surface area contributed by atoms with Crippen molar-refractivity contribution in [3.8, 4) is 28.7 Å². The number of β-amino-alcohol motifs (C(OH)–C–C–N with tert-alkyl or cyclic N) is 1. The average Bonchev–Trinajstić information content (AvgIpc) is 1.38. The summed E-state index contributed by atoms with van der Waals surface area (Å²) in [5.41, 5.74) is 8.04. The second kappa shape index (κ2) is 24.4. The van der Waals surface area contributed by atoms with Gasteiger partial charge in [-0.3, -0.25) is 0 Å². The monoisotopic (exact) mass is 1210 g/mol. The van der Waals surface area contributed by atoms with Crippen molar-refractivity contribution in [1.29, 1.82) is 0 Å². The highest BCUT2D eigenvalue weighted by Gasteiger charge is 2.69. The van der Waals surface area contributed by atoms with E-state index in [0.717, 1.165) is 174 Å². The van der Waals surface area contributed by atoms with E-state index in [2.05, 4.69) is 138 Å². The second-order valence-corrected chi connectivity index (χ2v) is 29.8. The van der Waals surface area contributed by atoms with Gasteiger partial charge in [0.05, 0.1) is 28.4 Å². The fourth-order valence-electron chi connectivity index (χ4n) is 20.6. The van der Waals surface area contributed by atoms with Crippen LogP contribution in [0.25, 0.3) is 16.7 Å². The fraction of sp³-hybridized carbons (Fsp3) is 0.544. The van der Waals surface area contributed by atoms with Crippen molar-refractivity contribution in [1.82, 2.24) is 21.3 Å². The Morgan fingerprint density at radius 3 is 2.42 bits per heavy atom. The molecule has 1 spiro atoms. The number of aliphatic hydroxyl groups is 2. The van der Waals surface area contributed by atoms with Crippen molar-refractivity contribution in [2.45, 2.75) is 178 Å². The summed E-state index contributed by atoms with van der Waals surface area (Å²) in [4.78, 5) is 31.0. The van der Waals surface area contributed by atoms with E-state index >= 15 is 9.59 Å². The Balaban J connectivity index is 0.907. The van der Waals surface area contributed by atoms with E-state index in [4.69, 9.17) is 9.47 Å². The minimum atomic E-state index is -1.01. The van der Waals surface area contributed by atoms with Crippen LogP contribution in [0.15, 0.2) is 137 Å². The third-order valence-corrected chi connectivity index (χ3v) is 25.1.